The highest BCUT2D eigenvalue weighted by molar-refractivity contribution is 7.95. The monoisotopic (exact) mass is 558 g/mol. The van der Waals surface area contributed by atoms with Gasteiger partial charge in [-0.1, -0.05) is 60.8 Å². The highest BCUT2D eigenvalue weighted by Crippen LogP contribution is 2.28. The van der Waals surface area contributed by atoms with Crippen molar-refractivity contribution >= 4 is 75.2 Å². The Morgan fingerprint density at radius 1 is 1.15 bits per heavy atom. The van der Waals surface area contributed by atoms with Crippen LogP contribution in [0.4, 0.5) is 5.69 Å². The van der Waals surface area contributed by atoms with Crippen LogP contribution in [0.1, 0.15) is 49.2 Å². The first-order valence-electron chi connectivity index (χ1n) is 10.3. The van der Waals surface area contributed by atoms with Crippen molar-refractivity contribution in [3.05, 3.63) is 85.7 Å². The van der Waals surface area contributed by atoms with Crippen LogP contribution in [0, 0.1) is 0 Å². The molecule has 0 fully saturated rings. The van der Waals surface area contributed by atoms with Crippen molar-refractivity contribution in [3.63, 3.8) is 0 Å². The topological polar surface area (TPSA) is 96.6 Å². The SMILES string of the molecule is CC.C[C@@H](NC(=O)c1cc(Cl)ccc1NS(=O)C1=CC=C/C(=N/SN)C1)c1ccc(Cl)cc1Cl. The quantitative estimate of drug-likeness (QED) is 0.317. The maximum absolute atomic E-state index is 13.0. The Labute approximate surface area is 221 Å². The molecule has 0 bridgehead atoms. The lowest BCUT2D eigenvalue weighted by molar-refractivity contribution is 0.0941. The molecular formula is C23H25Cl3N4O2S2. The standard InChI is InChI=1S/C21H19Cl3N4O2S2.C2H6/c1-12(17-7-5-14(23)10-19(17)24)26-21(29)18-9-13(22)6-8-20(18)28-32(30)16-4-2-3-15(11-16)27-31-25;1-2/h2-10,12,28H,11,25H2,1H3,(H,26,29);1-2H3/b27-15-;/t12-,32?;/m1./s1. The molecule has 4 N–H and O–H groups in total. The molecule has 3 rings (SSSR count). The molecule has 6 nitrogen and oxygen atoms in total. The number of carbonyl (C=O) groups excluding carboxylic acids is 1. The van der Waals surface area contributed by atoms with E-state index in [-0.39, 0.29) is 5.56 Å². The van der Waals surface area contributed by atoms with Crippen molar-refractivity contribution in [2.45, 2.75) is 33.2 Å². The number of hydrogen-bond acceptors (Lipinski definition) is 5. The van der Waals surface area contributed by atoms with Gasteiger partial charge in [0.05, 0.1) is 35.1 Å². The van der Waals surface area contributed by atoms with Gasteiger partial charge in [-0.25, -0.2) is 8.61 Å². The summed E-state index contributed by atoms with van der Waals surface area (Å²) in [7, 11) is -1.60. The van der Waals surface area contributed by atoms with Gasteiger partial charge in [-0.2, -0.15) is 0 Å². The molecule has 0 heterocycles. The molecule has 1 aliphatic carbocycles. The van der Waals surface area contributed by atoms with Gasteiger partial charge in [-0.05, 0) is 55.0 Å². The fourth-order valence-corrected chi connectivity index (χ4v) is 4.98. The van der Waals surface area contributed by atoms with Gasteiger partial charge in [0.1, 0.15) is 11.0 Å². The van der Waals surface area contributed by atoms with Crippen molar-refractivity contribution in [1.29, 1.82) is 0 Å². The van der Waals surface area contributed by atoms with Gasteiger partial charge in [-0.3, -0.25) is 9.93 Å². The molecule has 0 aliphatic heterocycles. The Morgan fingerprint density at radius 2 is 1.82 bits per heavy atom. The summed E-state index contributed by atoms with van der Waals surface area (Å²) in [5, 5.41) is 9.60. The zero-order valence-corrected chi connectivity index (χ0v) is 22.7. The lowest BCUT2D eigenvalue weighted by Crippen LogP contribution is -2.28. The van der Waals surface area contributed by atoms with Crippen LogP contribution in [0.25, 0.3) is 0 Å². The molecule has 1 aliphatic rings. The lowest BCUT2D eigenvalue weighted by Gasteiger charge is -2.18. The van der Waals surface area contributed by atoms with Crippen LogP contribution in [-0.4, -0.2) is 15.8 Å². The number of hydrogen-bond donors (Lipinski definition) is 3. The summed E-state index contributed by atoms with van der Waals surface area (Å²) < 4.78 is 19.9. The molecule has 182 valence electrons. The second kappa shape index (κ2) is 13.9. The average molecular weight is 560 g/mol. The van der Waals surface area contributed by atoms with Crippen molar-refractivity contribution in [2.24, 2.45) is 9.54 Å². The normalized spacial score (nSPS) is 15.6. The molecular weight excluding hydrogens is 535 g/mol. The third-order valence-electron chi connectivity index (χ3n) is 4.54. The summed E-state index contributed by atoms with van der Waals surface area (Å²) in [6.07, 6.45) is 5.66. The third-order valence-corrected chi connectivity index (χ3v) is 6.84. The van der Waals surface area contributed by atoms with Gasteiger partial charge >= 0.3 is 0 Å². The van der Waals surface area contributed by atoms with E-state index in [2.05, 4.69) is 14.4 Å². The van der Waals surface area contributed by atoms with Gasteiger partial charge in [0.2, 0.25) is 0 Å². The molecule has 1 amide bonds. The molecule has 34 heavy (non-hydrogen) atoms. The number of carbonyl (C=O) groups is 1. The van der Waals surface area contributed by atoms with Crippen molar-refractivity contribution in [3.8, 4) is 0 Å². The first-order valence-corrected chi connectivity index (χ1v) is 13.4. The number of anilines is 1. The number of nitrogens with one attached hydrogen (secondary N) is 2. The number of rotatable bonds is 7. The number of nitrogens with two attached hydrogens (primary N) is 1. The number of amides is 1. The Kier molecular flexibility index (Phi) is 11.6. The van der Waals surface area contributed by atoms with Gasteiger partial charge < -0.3 is 10.0 Å². The Morgan fingerprint density at radius 3 is 2.50 bits per heavy atom. The molecule has 2 atom stereocenters. The van der Waals surface area contributed by atoms with Gasteiger partial charge in [-0.15, -0.1) is 0 Å². The summed E-state index contributed by atoms with van der Waals surface area (Å²) in [4.78, 5) is 13.6. The number of halogens is 3. The molecule has 2 aromatic carbocycles. The summed E-state index contributed by atoms with van der Waals surface area (Å²) in [5.41, 5.74) is 2.05. The average Bonchev–Trinajstić information content (AvgIpc) is 2.81. The van der Waals surface area contributed by atoms with Crippen molar-refractivity contribution in [2.75, 3.05) is 4.72 Å². The smallest absolute Gasteiger partial charge is 0.253 e. The highest BCUT2D eigenvalue weighted by Gasteiger charge is 2.20. The Balaban J connectivity index is 0.00000199. The van der Waals surface area contributed by atoms with Gasteiger partial charge in [0.25, 0.3) is 5.91 Å². The molecule has 0 aromatic heterocycles. The number of benzene rings is 2. The molecule has 0 radical (unpaired) electrons. The van der Waals surface area contributed by atoms with E-state index in [4.69, 9.17) is 39.9 Å². The van der Waals surface area contributed by atoms with Crippen LogP contribution >= 0.6 is 46.9 Å². The summed E-state index contributed by atoms with van der Waals surface area (Å²) >= 11 is 19.2. The maximum atomic E-state index is 13.0. The second-order valence-corrected chi connectivity index (χ2v) is 9.72. The van der Waals surface area contributed by atoms with Crippen molar-refractivity contribution < 1.29 is 9.00 Å². The fourth-order valence-electron chi connectivity index (χ4n) is 2.98. The second-order valence-electron chi connectivity index (χ2n) is 6.78. The van der Waals surface area contributed by atoms with E-state index >= 15 is 0 Å². The zero-order chi connectivity index (χ0) is 25.3. The van der Waals surface area contributed by atoms with E-state index in [1.807, 2.05) is 13.8 Å². The highest BCUT2D eigenvalue weighted by atomic mass is 35.5. The van der Waals surface area contributed by atoms with E-state index in [0.29, 0.717) is 43.4 Å². The van der Waals surface area contributed by atoms with Gasteiger partial charge in [0, 0.05) is 26.4 Å². The Hall–Kier alpha value is -1.81. The minimum Gasteiger partial charge on any atom is -0.345 e. The lowest BCUT2D eigenvalue weighted by atomic mass is 10.1. The van der Waals surface area contributed by atoms with Crippen LogP contribution in [-0.2, 0) is 11.0 Å². The Bertz CT molecular complexity index is 1150. The third kappa shape index (κ3) is 7.86. The zero-order valence-electron chi connectivity index (χ0n) is 18.8. The van der Waals surface area contributed by atoms with Crippen LogP contribution < -0.4 is 15.2 Å². The van der Waals surface area contributed by atoms with E-state index in [1.165, 1.54) is 6.07 Å². The minimum atomic E-state index is -1.60. The molecule has 0 spiro atoms. The largest absolute Gasteiger partial charge is 0.345 e. The number of nitrogens with zero attached hydrogens (tertiary/aromatic N) is 1. The fraction of sp³-hybridized carbons (Fsp3) is 0.217. The molecule has 0 saturated carbocycles. The number of allylic oxidation sites excluding steroid dienone is 4. The maximum Gasteiger partial charge on any atom is 0.253 e. The molecule has 0 saturated heterocycles. The van der Waals surface area contributed by atoms with E-state index in [1.54, 1.807) is 55.5 Å². The minimum absolute atomic E-state index is 0.251. The summed E-state index contributed by atoms with van der Waals surface area (Å²) in [6, 6.07) is 9.41. The summed E-state index contributed by atoms with van der Waals surface area (Å²) in [6.45, 7) is 5.80. The predicted octanol–water partition coefficient (Wildman–Crippen LogP) is 7.05. The first kappa shape index (κ1) is 28.4. The molecule has 11 heteroatoms. The van der Waals surface area contributed by atoms with E-state index in [9.17, 15) is 9.00 Å². The van der Waals surface area contributed by atoms with Gasteiger partial charge in [0.15, 0.2) is 0 Å². The summed E-state index contributed by atoms with van der Waals surface area (Å²) in [5.74, 6) is -0.398. The first-order chi connectivity index (χ1) is 16.3. The van der Waals surface area contributed by atoms with E-state index < -0.39 is 22.9 Å². The predicted molar refractivity (Wildman–Crippen MR) is 148 cm³/mol. The van der Waals surface area contributed by atoms with Crippen LogP contribution in [0.15, 0.2) is 63.9 Å². The molecule has 1 unspecified atom stereocenters. The van der Waals surface area contributed by atoms with Crippen molar-refractivity contribution in [1.82, 2.24) is 5.32 Å². The van der Waals surface area contributed by atoms with Crippen LogP contribution in [0.3, 0.4) is 0 Å². The van der Waals surface area contributed by atoms with Crippen LogP contribution in [0.2, 0.25) is 15.1 Å². The molecule has 2 aromatic rings. The van der Waals surface area contributed by atoms with E-state index in [0.717, 1.165) is 12.1 Å². The van der Waals surface area contributed by atoms with Crippen LogP contribution in [0.5, 0.6) is 0 Å².